The summed E-state index contributed by atoms with van der Waals surface area (Å²) in [6, 6.07) is 3.15. The Morgan fingerprint density at radius 2 is 2.00 bits per heavy atom. The fourth-order valence-corrected chi connectivity index (χ4v) is 1.42. The Labute approximate surface area is 105 Å². The lowest BCUT2D eigenvalue weighted by atomic mass is 9.96. The number of nitrogens with two attached hydrogens (primary N) is 1. The fraction of sp³-hybridized carbons (Fsp3) is 0.500. The maximum atomic E-state index is 13.2. The van der Waals surface area contributed by atoms with Crippen molar-refractivity contribution in [1.29, 1.82) is 0 Å². The van der Waals surface area contributed by atoms with Crippen LogP contribution in [0.4, 0.5) is 10.1 Å². The van der Waals surface area contributed by atoms with Gasteiger partial charge in [0.2, 0.25) is 0 Å². The van der Waals surface area contributed by atoms with Crippen molar-refractivity contribution in [1.82, 2.24) is 0 Å². The Morgan fingerprint density at radius 1 is 1.39 bits per heavy atom. The molecule has 0 atom stereocenters. The van der Waals surface area contributed by atoms with Crippen LogP contribution >= 0.6 is 0 Å². The number of nitro groups is 1. The third kappa shape index (κ3) is 3.66. The lowest BCUT2D eigenvalue weighted by molar-refractivity contribution is -0.385. The fourth-order valence-electron chi connectivity index (χ4n) is 1.42. The molecule has 0 saturated heterocycles. The van der Waals surface area contributed by atoms with E-state index >= 15 is 0 Å². The lowest BCUT2D eigenvalue weighted by Gasteiger charge is -2.26. The van der Waals surface area contributed by atoms with Crippen LogP contribution in [0.2, 0.25) is 0 Å². The topological polar surface area (TPSA) is 78.4 Å². The van der Waals surface area contributed by atoms with Crippen LogP contribution in [-0.4, -0.2) is 17.1 Å². The lowest BCUT2D eigenvalue weighted by Crippen LogP contribution is -2.44. The van der Waals surface area contributed by atoms with Gasteiger partial charge in [-0.1, -0.05) is 13.8 Å². The zero-order valence-electron chi connectivity index (χ0n) is 10.5. The SMILES string of the molecule is CCC(N)(CC)COc1cc(F)cc([N+](=O)[O-])c1. The molecule has 1 aromatic carbocycles. The first-order valence-electron chi connectivity index (χ1n) is 5.77. The summed E-state index contributed by atoms with van der Waals surface area (Å²) in [4.78, 5) is 9.92. The summed E-state index contributed by atoms with van der Waals surface area (Å²) >= 11 is 0. The average Bonchev–Trinajstić information content (AvgIpc) is 2.35. The van der Waals surface area contributed by atoms with Crippen molar-refractivity contribution < 1.29 is 14.1 Å². The molecule has 1 aromatic rings. The molecule has 0 bridgehead atoms. The van der Waals surface area contributed by atoms with E-state index < -0.39 is 16.3 Å². The molecule has 2 N–H and O–H groups in total. The second-order valence-corrected chi connectivity index (χ2v) is 4.26. The monoisotopic (exact) mass is 256 g/mol. The summed E-state index contributed by atoms with van der Waals surface area (Å²) in [5.74, 6) is -0.576. The standard InChI is InChI=1S/C12H17FN2O3/c1-3-12(14,4-2)8-18-11-6-9(13)5-10(7-11)15(16)17/h5-7H,3-4,8,14H2,1-2H3. The molecule has 1 rings (SSSR count). The van der Waals surface area contributed by atoms with Gasteiger partial charge in [-0.05, 0) is 12.8 Å². The van der Waals surface area contributed by atoms with Crippen molar-refractivity contribution in [3.63, 3.8) is 0 Å². The van der Waals surface area contributed by atoms with Crippen LogP contribution in [-0.2, 0) is 0 Å². The molecule has 0 amide bonds. The van der Waals surface area contributed by atoms with Crippen molar-refractivity contribution in [2.75, 3.05) is 6.61 Å². The van der Waals surface area contributed by atoms with E-state index in [-0.39, 0.29) is 18.0 Å². The van der Waals surface area contributed by atoms with E-state index in [2.05, 4.69) is 0 Å². The van der Waals surface area contributed by atoms with Crippen molar-refractivity contribution in [2.45, 2.75) is 32.2 Å². The van der Waals surface area contributed by atoms with E-state index in [0.29, 0.717) is 12.8 Å². The van der Waals surface area contributed by atoms with Gasteiger partial charge in [0.1, 0.15) is 18.2 Å². The van der Waals surface area contributed by atoms with Crippen molar-refractivity contribution in [3.05, 3.63) is 34.1 Å². The number of nitrogens with zero attached hydrogens (tertiary/aromatic N) is 1. The van der Waals surface area contributed by atoms with Crippen LogP contribution in [0.15, 0.2) is 18.2 Å². The highest BCUT2D eigenvalue weighted by molar-refractivity contribution is 5.38. The molecule has 5 nitrogen and oxygen atoms in total. The van der Waals surface area contributed by atoms with Gasteiger partial charge in [-0.15, -0.1) is 0 Å². The van der Waals surface area contributed by atoms with E-state index in [1.807, 2.05) is 13.8 Å². The summed E-state index contributed by atoms with van der Waals surface area (Å²) in [5.41, 5.74) is 5.20. The van der Waals surface area contributed by atoms with Crippen molar-refractivity contribution in [3.8, 4) is 5.75 Å². The van der Waals surface area contributed by atoms with Gasteiger partial charge in [-0.25, -0.2) is 4.39 Å². The number of non-ortho nitro benzene ring substituents is 1. The molecule has 0 spiro atoms. The van der Waals surface area contributed by atoms with Crippen LogP contribution in [0.3, 0.4) is 0 Å². The van der Waals surface area contributed by atoms with Crippen LogP contribution in [0, 0.1) is 15.9 Å². The zero-order chi connectivity index (χ0) is 13.8. The van der Waals surface area contributed by atoms with Crippen LogP contribution < -0.4 is 10.5 Å². The predicted molar refractivity (Wildman–Crippen MR) is 66.0 cm³/mol. The second-order valence-electron chi connectivity index (χ2n) is 4.26. The van der Waals surface area contributed by atoms with Crippen molar-refractivity contribution >= 4 is 5.69 Å². The summed E-state index contributed by atoms with van der Waals surface area (Å²) in [6.45, 7) is 4.06. The molecule has 0 radical (unpaired) electrons. The first-order valence-corrected chi connectivity index (χ1v) is 5.77. The molecule has 6 heteroatoms. The smallest absolute Gasteiger partial charge is 0.276 e. The molecule has 0 fully saturated rings. The molecule has 0 heterocycles. The van der Waals surface area contributed by atoms with Crippen LogP contribution in [0.1, 0.15) is 26.7 Å². The maximum Gasteiger partial charge on any atom is 0.276 e. The average molecular weight is 256 g/mol. The largest absolute Gasteiger partial charge is 0.491 e. The van der Waals surface area contributed by atoms with E-state index in [1.165, 1.54) is 6.07 Å². The Kier molecular flexibility index (Phi) is 4.61. The Hall–Kier alpha value is -1.69. The summed E-state index contributed by atoms with van der Waals surface area (Å²) in [7, 11) is 0. The third-order valence-electron chi connectivity index (χ3n) is 3.00. The first kappa shape index (κ1) is 14.4. The van der Waals surface area contributed by atoms with Crippen LogP contribution in [0.5, 0.6) is 5.75 Å². The van der Waals surface area contributed by atoms with Gasteiger partial charge >= 0.3 is 0 Å². The minimum absolute atomic E-state index is 0.124. The van der Waals surface area contributed by atoms with Gasteiger partial charge in [0.05, 0.1) is 17.1 Å². The number of hydrogen-bond donors (Lipinski definition) is 1. The molecule has 0 aromatic heterocycles. The highest BCUT2D eigenvalue weighted by Crippen LogP contribution is 2.23. The van der Waals surface area contributed by atoms with Gasteiger partial charge in [0, 0.05) is 11.6 Å². The Balaban J connectivity index is 2.82. The normalized spacial score (nSPS) is 11.3. The van der Waals surface area contributed by atoms with Gasteiger partial charge < -0.3 is 10.5 Å². The maximum absolute atomic E-state index is 13.2. The van der Waals surface area contributed by atoms with E-state index in [9.17, 15) is 14.5 Å². The summed E-state index contributed by atoms with van der Waals surface area (Å²) in [6.07, 6.45) is 1.42. The molecule has 0 unspecified atom stereocenters. The quantitative estimate of drug-likeness (QED) is 0.626. The first-order chi connectivity index (χ1) is 8.40. The van der Waals surface area contributed by atoms with Gasteiger partial charge in [0.15, 0.2) is 0 Å². The number of benzene rings is 1. The Morgan fingerprint density at radius 3 is 2.50 bits per heavy atom. The van der Waals surface area contributed by atoms with E-state index in [0.717, 1.165) is 12.1 Å². The molecule has 18 heavy (non-hydrogen) atoms. The number of hydrogen-bond acceptors (Lipinski definition) is 4. The highest BCUT2D eigenvalue weighted by atomic mass is 19.1. The molecular formula is C12H17FN2O3. The molecular weight excluding hydrogens is 239 g/mol. The minimum Gasteiger partial charge on any atom is -0.491 e. The molecule has 0 aliphatic rings. The second kappa shape index (κ2) is 5.77. The van der Waals surface area contributed by atoms with Crippen molar-refractivity contribution in [2.24, 2.45) is 5.73 Å². The molecule has 0 saturated carbocycles. The van der Waals surface area contributed by atoms with E-state index in [1.54, 1.807) is 0 Å². The molecule has 0 aliphatic heterocycles. The van der Waals surface area contributed by atoms with Gasteiger partial charge in [-0.3, -0.25) is 10.1 Å². The predicted octanol–water partition coefficient (Wildman–Crippen LogP) is 2.63. The zero-order valence-corrected chi connectivity index (χ0v) is 10.5. The minimum atomic E-state index is -0.699. The summed E-state index contributed by atoms with van der Waals surface area (Å²) in [5, 5.41) is 10.6. The number of nitro benzene ring substituents is 1. The molecule has 0 aliphatic carbocycles. The highest BCUT2D eigenvalue weighted by Gasteiger charge is 2.21. The number of ether oxygens (including phenoxy) is 1. The third-order valence-corrected chi connectivity index (χ3v) is 3.00. The van der Waals surface area contributed by atoms with Gasteiger partial charge in [0.25, 0.3) is 5.69 Å². The van der Waals surface area contributed by atoms with Gasteiger partial charge in [-0.2, -0.15) is 0 Å². The number of halogens is 1. The molecule has 100 valence electrons. The summed E-state index contributed by atoms with van der Waals surface area (Å²) < 4.78 is 18.5. The van der Waals surface area contributed by atoms with Crippen LogP contribution in [0.25, 0.3) is 0 Å². The van der Waals surface area contributed by atoms with E-state index in [4.69, 9.17) is 10.5 Å². The number of rotatable bonds is 6. The Bertz CT molecular complexity index is 433.